The van der Waals surface area contributed by atoms with Crippen LogP contribution in [0.25, 0.3) is 16.8 Å². The molecule has 1 saturated heterocycles. The summed E-state index contributed by atoms with van der Waals surface area (Å²) in [6, 6.07) is 5.86. The summed E-state index contributed by atoms with van der Waals surface area (Å²) < 4.78 is 18.6. The number of amides is 1. The highest BCUT2D eigenvalue weighted by molar-refractivity contribution is 5.95. The average Bonchev–Trinajstić information content (AvgIpc) is 3.18. The van der Waals surface area contributed by atoms with Gasteiger partial charge >= 0.3 is 0 Å². The quantitative estimate of drug-likeness (QED) is 0.518. The molecular weight excluding hydrogens is 434 g/mol. The molecule has 1 fully saturated rings. The van der Waals surface area contributed by atoms with E-state index in [1.165, 1.54) is 0 Å². The van der Waals surface area contributed by atoms with Crippen molar-refractivity contribution in [3.63, 3.8) is 0 Å². The molecule has 1 aromatic carbocycles. The number of nitrogens with zero attached hydrogens (tertiary/aromatic N) is 4. The highest BCUT2D eigenvalue weighted by atomic mass is 16.5. The van der Waals surface area contributed by atoms with Crippen molar-refractivity contribution in [2.75, 3.05) is 52.6 Å². The Labute approximate surface area is 200 Å². The third-order valence-electron chi connectivity index (χ3n) is 5.95. The molecule has 0 spiro atoms. The number of rotatable bonds is 9. The fourth-order valence-corrected chi connectivity index (χ4v) is 4.22. The lowest BCUT2D eigenvalue weighted by molar-refractivity contribution is 0.0383. The number of nitrogens with one attached hydrogen (secondary N) is 1. The maximum Gasteiger partial charge on any atom is 0.254 e. The summed E-state index contributed by atoms with van der Waals surface area (Å²) in [5.41, 5.74) is 4.64. The highest BCUT2D eigenvalue weighted by Gasteiger charge is 2.20. The second-order valence-corrected chi connectivity index (χ2v) is 8.19. The van der Waals surface area contributed by atoms with E-state index in [0.29, 0.717) is 42.5 Å². The number of aromatic nitrogens is 3. The molecule has 0 atom stereocenters. The van der Waals surface area contributed by atoms with Gasteiger partial charge in [0, 0.05) is 37.9 Å². The largest absolute Gasteiger partial charge is 0.490 e. The zero-order chi connectivity index (χ0) is 24.1. The van der Waals surface area contributed by atoms with Crippen molar-refractivity contribution in [1.29, 1.82) is 0 Å². The Morgan fingerprint density at radius 1 is 1.12 bits per heavy atom. The summed E-state index contributed by atoms with van der Waals surface area (Å²) in [6.45, 7) is 13.5. The first-order valence-electron chi connectivity index (χ1n) is 11.9. The van der Waals surface area contributed by atoms with E-state index in [2.05, 4.69) is 15.2 Å². The maximum absolute atomic E-state index is 12.9. The van der Waals surface area contributed by atoms with Gasteiger partial charge < -0.3 is 19.5 Å². The van der Waals surface area contributed by atoms with E-state index in [4.69, 9.17) is 19.3 Å². The van der Waals surface area contributed by atoms with Gasteiger partial charge in [0.25, 0.3) is 5.91 Å². The fraction of sp³-hybridized carbons (Fsp3) is 0.480. The van der Waals surface area contributed by atoms with E-state index in [1.54, 1.807) is 10.7 Å². The van der Waals surface area contributed by atoms with Gasteiger partial charge in [0.05, 0.1) is 43.4 Å². The van der Waals surface area contributed by atoms with Gasteiger partial charge in [-0.2, -0.15) is 5.10 Å². The first kappa shape index (κ1) is 24.0. The molecule has 0 bridgehead atoms. The Balaban J connectivity index is 1.58. The molecule has 9 nitrogen and oxygen atoms in total. The molecule has 0 unspecified atom stereocenters. The number of aryl methyl sites for hydroxylation is 2. The zero-order valence-corrected chi connectivity index (χ0v) is 20.4. The Morgan fingerprint density at radius 3 is 2.59 bits per heavy atom. The van der Waals surface area contributed by atoms with E-state index in [-0.39, 0.29) is 5.91 Å². The van der Waals surface area contributed by atoms with E-state index in [0.717, 1.165) is 55.4 Å². The van der Waals surface area contributed by atoms with Gasteiger partial charge in [-0.15, -0.1) is 0 Å². The van der Waals surface area contributed by atoms with Crippen molar-refractivity contribution in [2.24, 2.45) is 0 Å². The van der Waals surface area contributed by atoms with Gasteiger partial charge in [0.1, 0.15) is 0 Å². The van der Waals surface area contributed by atoms with Crippen LogP contribution in [0.1, 0.15) is 35.6 Å². The van der Waals surface area contributed by atoms with Crippen LogP contribution in [0, 0.1) is 13.8 Å². The van der Waals surface area contributed by atoms with Gasteiger partial charge in [-0.1, -0.05) is 6.07 Å². The highest BCUT2D eigenvalue weighted by Crippen LogP contribution is 2.35. The van der Waals surface area contributed by atoms with Crippen LogP contribution in [0.2, 0.25) is 0 Å². The third kappa shape index (κ3) is 5.00. The van der Waals surface area contributed by atoms with E-state index in [9.17, 15) is 4.79 Å². The minimum absolute atomic E-state index is 0.144. The molecule has 9 heteroatoms. The predicted octanol–water partition coefficient (Wildman–Crippen LogP) is 2.87. The van der Waals surface area contributed by atoms with Crippen molar-refractivity contribution in [3.05, 3.63) is 41.3 Å². The number of fused-ring (bicyclic) bond motifs is 1. The molecule has 1 N–H and O–H groups in total. The van der Waals surface area contributed by atoms with Gasteiger partial charge in [-0.05, 0) is 45.4 Å². The van der Waals surface area contributed by atoms with Crippen LogP contribution in [0.15, 0.2) is 24.4 Å². The molecule has 0 radical (unpaired) electrons. The predicted molar refractivity (Wildman–Crippen MR) is 130 cm³/mol. The minimum Gasteiger partial charge on any atom is -0.490 e. The van der Waals surface area contributed by atoms with Crippen molar-refractivity contribution in [3.8, 4) is 22.6 Å². The maximum atomic E-state index is 12.9. The molecule has 0 aliphatic carbocycles. The molecule has 182 valence electrons. The molecule has 2 aromatic heterocycles. The topological polar surface area (TPSA) is 90.2 Å². The number of carbonyl (C=O) groups excluding carboxylic acids is 1. The molecule has 3 aromatic rings. The van der Waals surface area contributed by atoms with Crippen LogP contribution in [-0.2, 0) is 4.74 Å². The number of hydrogen-bond acceptors (Lipinski definition) is 7. The van der Waals surface area contributed by atoms with E-state index >= 15 is 0 Å². The number of carbonyl (C=O) groups is 1. The summed E-state index contributed by atoms with van der Waals surface area (Å²) in [5, 5.41) is 7.71. The summed E-state index contributed by atoms with van der Waals surface area (Å²) in [5.74, 6) is 1.26. The fourth-order valence-electron chi connectivity index (χ4n) is 4.22. The first-order chi connectivity index (χ1) is 16.5. The lowest BCUT2D eigenvalue weighted by Gasteiger charge is -2.26. The normalized spacial score (nSPS) is 14.4. The smallest absolute Gasteiger partial charge is 0.254 e. The van der Waals surface area contributed by atoms with Crippen LogP contribution in [0.4, 0.5) is 0 Å². The molecule has 1 aliphatic heterocycles. The van der Waals surface area contributed by atoms with E-state index in [1.807, 2.05) is 45.9 Å². The molecule has 4 rings (SSSR count). The Hall–Kier alpha value is -3.17. The van der Waals surface area contributed by atoms with Crippen LogP contribution < -0.4 is 14.8 Å². The van der Waals surface area contributed by atoms with Crippen molar-refractivity contribution in [2.45, 2.75) is 27.7 Å². The molecular formula is C25H33N5O4. The summed E-state index contributed by atoms with van der Waals surface area (Å²) >= 11 is 0. The number of morpholine rings is 1. The zero-order valence-electron chi connectivity index (χ0n) is 20.4. The van der Waals surface area contributed by atoms with Gasteiger partial charge in [0.2, 0.25) is 0 Å². The summed E-state index contributed by atoms with van der Waals surface area (Å²) in [6.07, 6.45) is 1.64. The SMILES string of the molecule is CCOc1ccc(-c2c(C)nn3c(C)c(C(=O)NCCN4CCOCC4)cnc23)cc1OCC. The Kier molecular flexibility index (Phi) is 7.64. The molecule has 3 heterocycles. The Morgan fingerprint density at radius 2 is 1.85 bits per heavy atom. The lowest BCUT2D eigenvalue weighted by atomic mass is 10.1. The summed E-state index contributed by atoms with van der Waals surface area (Å²) in [4.78, 5) is 19.8. The lowest BCUT2D eigenvalue weighted by Crippen LogP contribution is -2.41. The Bertz CT molecular complexity index is 1150. The molecule has 1 aliphatic rings. The standard InChI is InChI=1S/C25H33N5O4/c1-5-33-21-8-7-19(15-22(21)34-6-2)23-17(3)28-30-18(4)20(16-27-24(23)30)25(31)26-9-10-29-11-13-32-14-12-29/h7-8,15-16H,5-6,9-14H2,1-4H3,(H,26,31). The molecule has 34 heavy (non-hydrogen) atoms. The van der Waals surface area contributed by atoms with Gasteiger partial charge in [-0.3, -0.25) is 9.69 Å². The van der Waals surface area contributed by atoms with Crippen molar-refractivity contribution in [1.82, 2.24) is 24.8 Å². The second kappa shape index (κ2) is 10.8. The van der Waals surface area contributed by atoms with Gasteiger partial charge in [-0.25, -0.2) is 9.50 Å². The van der Waals surface area contributed by atoms with Crippen molar-refractivity contribution >= 4 is 11.6 Å². The third-order valence-corrected chi connectivity index (χ3v) is 5.95. The summed E-state index contributed by atoms with van der Waals surface area (Å²) in [7, 11) is 0. The van der Waals surface area contributed by atoms with Crippen LogP contribution >= 0.6 is 0 Å². The molecule has 0 saturated carbocycles. The number of ether oxygens (including phenoxy) is 3. The van der Waals surface area contributed by atoms with Crippen molar-refractivity contribution < 1.29 is 19.0 Å². The number of benzene rings is 1. The molecule has 1 amide bonds. The average molecular weight is 468 g/mol. The van der Waals surface area contributed by atoms with Crippen LogP contribution in [0.5, 0.6) is 11.5 Å². The minimum atomic E-state index is -0.144. The second-order valence-electron chi connectivity index (χ2n) is 8.19. The first-order valence-corrected chi connectivity index (χ1v) is 11.9. The van der Waals surface area contributed by atoms with Crippen LogP contribution in [-0.4, -0.2) is 78.0 Å². The van der Waals surface area contributed by atoms with Crippen LogP contribution in [0.3, 0.4) is 0 Å². The monoisotopic (exact) mass is 467 g/mol. The number of hydrogen-bond donors (Lipinski definition) is 1. The van der Waals surface area contributed by atoms with E-state index < -0.39 is 0 Å². The van der Waals surface area contributed by atoms with Gasteiger partial charge in [0.15, 0.2) is 17.1 Å².